The summed E-state index contributed by atoms with van der Waals surface area (Å²) in [5, 5.41) is 5.63. The number of rotatable bonds is 3. The third-order valence-electron chi connectivity index (χ3n) is 2.78. The quantitative estimate of drug-likeness (QED) is 0.670. The SMILES string of the molecule is CCSc1nccn2nc(-c3ccc(Br)cc3)cc12. The van der Waals surface area contributed by atoms with E-state index in [1.165, 1.54) is 0 Å². The monoisotopic (exact) mass is 333 g/mol. The zero-order valence-corrected chi connectivity index (χ0v) is 12.8. The van der Waals surface area contributed by atoms with Crippen molar-refractivity contribution < 1.29 is 0 Å². The summed E-state index contributed by atoms with van der Waals surface area (Å²) in [6.07, 6.45) is 3.68. The van der Waals surface area contributed by atoms with E-state index in [0.717, 1.165) is 32.0 Å². The van der Waals surface area contributed by atoms with Crippen LogP contribution in [0.25, 0.3) is 16.8 Å². The number of benzene rings is 1. The highest BCUT2D eigenvalue weighted by Crippen LogP contribution is 2.26. The second-order valence-electron chi connectivity index (χ2n) is 4.03. The van der Waals surface area contributed by atoms with Crippen molar-refractivity contribution >= 4 is 33.2 Å². The minimum absolute atomic E-state index is 0.971. The van der Waals surface area contributed by atoms with Gasteiger partial charge in [0, 0.05) is 22.4 Å². The van der Waals surface area contributed by atoms with Crippen LogP contribution < -0.4 is 0 Å². The Labute approximate surface area is 124 Å². The second-order valence-corrected chi connectivity index (χ2v) is 6.20. The van der Waals surface area contributed by atoms with Crippen molar-refractivity contribution in [2.24, 2.45) is 0 Å². The molecular weight excluding hydrogens is 322 g/mol. The Morgan fingerprint density at radius 2 is 2.05 bits per heavy atom. The molecule has 0 radical (unpaired) electrons. The molecule has 5 heteroatoms. The first-order chi connectivity index (χ1) is 9.28. The number of halogens is 1. The van der Waals surface area contributed by atoms with E-state index in [1.807, 2.05) is 22.8 Å². The van der Waals surface area contributed by atoms with Crippen molar-refractivity contribution in [1.82, 2.24) is 14.6 Å². The number of hydrogen-bond donors (Lipinski definition) is 0. The van der Waals surface area contributed by atoms with Crippen LogP contribution in [0.3, 0.4) is 0 Å². The molecule has 0 bridgehead atoms. The standard InChI is InChI=1S/C14H12BrN3S/c1-2-19-14-13-9-12(17-18(13)8-7-16-14)10-3-5-11(15)6-4-10/h3-9H,2H2,1H3. The molecule has 3 nitrogen and oxygen atoms in total. The van der Waals surface area contributed by atoms with Gasteiger partial charge in [-0.2, -0.15) is 5.10 Å². The first-order valence-electron chi connectivity index (χ1n) is 6.01. The van der Waals surface area contributed by atoms with Gasteiger partial charge in [-0.05, 0) is 24.0 Å². The third kappa shape index (κ3) is 2.53. The third-order valence-corrected chi connectivity index (χ3v) is 4.18. The molecule has 2 heterocycles. The van der Waals surface area contributed by atoms with Gasteiger partial charge in [-0.15, -0.1) is 11.8 Å². The predicted molar refractivity (Wildman–Crippen MR) is 82.5 cm³/mol. The topological polar surface area (TPSA) is 30.2 Å². The van der Waals surface area contributed by atoms with Crippen LogP contribution in [-0.2, 0) is 0 Å². The van der Waals surface area contributed by atoms with Crippen molar-refractivity contribution in [2.75, 3.05) is 5.75 Å². The van der Waals surface area contributed by atoms with Crippen LogP contribution in [-0.4, -0.2) is 20.4 Å². The van der Waals surface area contributed by atoms with Gasteiger partial charge in [-0.1, -0.05) is 35.0 Å². The largest absolute Gasteiger partial charge is 0.246 e. The summed E-state index contributed by atoms with van der Waals surface area (Å²) in [7, 11) is 0. The molecule has 0 saturated heterocycles. The van der Waals surface area contributed by atoms with Gasteiger partial charge in [0.2, 0.25) is 0 Å². The lowest BCUT2D eigenvalue weighted by molar-refractivity contribution is 0.920. The van der Waals surface area contributed by atoms with Gasteiger partial charge in [0.1, 0.15) is 5.03 Å². The van der Waals surface area contributed by atoms with Crippen LogP contribution in [0.15, 0.2) is 52.2 Å². The summed E-state index contributed by atoms with van der Waals surface area (Å²) in [5.41, 5.74) is 3.14. The van der Waals surface area contributed by atoms with Gasteiger partial charge in [0.05, 0.1) is 11.2 Å². The van der Waals surface area contributed by atoms with E-state index in [0.29, 0.717) is 0 Å². The average molecular weight is 334 g/mol. The van der Waals surface area contributed by atoms with E-state index in [4.69, 9.17) is 0 Å². The highest BCUT2D eigenvalue weighted by Gasteiger charge is 2.08. The zero-order valence-electron chi connectivity index (χ0n) is 10.4. The van der Waals surface area contributed by atoms with Gasteiger partial charge in [0.15, 0.2) is 0 Å². The molecule has 96 valence electrons. The molecule has 3 aromatic rings. The molecule has 0 spiro atoms. The smallest absolute Gasteiger partial charge is 0.122 e. The maximum Gasteiger partial charge on any atom is 0.122 e. The minimum atomic E-state index is 0.971. The van der Waals surface area contributed by atoms with E-state index in [-0.39, 0.29) is 0 Å². The summed E-state index contributed by atoms with van der Waals surface area (Å²) in [5.74, 6) is 1.01. The molecule has 0 saturated carbocycles. The summed E-state index contributed by atoms with van der Waals surface area (Å²) in [6.45, 7) is 2.13. The Hall–Kier alpha value is -1.33. The molecule has 19 heavy (non-hydrogen) atoms. The Kier molecular flexibility index (Phi) is 3.57. The molecule has 0 unspecified atom stereocenters. The summed E-state index contributed by atoms with van der Waals surface area (Å²) in [6, 6.07) is 10.3. The Bertz CT molecular complexity index is 706. The minimum Gasteiger partial charge on any atom is -0.246 e. The Balaban J connectivity index is 2.11. The molecule has 0 aliphatic rings. The fraction of sp³-hybridized carbons (Fsp3) is 0.143. The van der Waals surface area contributed by atoms with Crippen molar-refractivity contribution in [3.8, 4) is 11.3 Å². The number of fused-ring (bicyclic) bond motifs is 1. The van der Waals surface area contributed by atoms with Crippen LogP contribution in [0.2, 0.25) is 0 Å². The number of hydrogen-bond acceptors (Lipinski definition) is 3. The molecule has 1 aromatic carbocycles. The van der Waals surface area contributed by atoms with E-state index < -0.39 is 0 Å². The number of thioether (sulfide) groups is 1. The normalized spacial score (nSPS) is 11.1. The van der Waals surface area contributed by atoms with Crippen LogP contribution in [0.4, 0.5) is 0 Å². The molecule has 0 aliphatic carbocycles. The predicted octanol–water partition coefficient (Wildman–Crippen LogP) is 4.27. The lowest BCUT2D eigenvalue weighted by atomic mass is 10.1. The van der Waals surface area contributed by atoms with Gasteiger partial charge in [-0.3, -0.25) is 0 Å². The zero-order chi connectivity index (χ0) is 13.2. The molecular formula is C14H12BrN3S. The van der Waals surface area contributed by atoms with Crippen LogP contribution in [0.5, 0.6) is 0 Å². The van der Waals surface area contributed by atoms with Crippen LogP contribution in [0.1, 0.15) is 6.92 Å². The lowest BCUT2D eigenvalue weighted by Crippen LogP contribution is -1.90. The molecule has 3 rings (SSSR count). The Morgan fingerprint density at radius 3 is 2.79 bits per heavy atom. The van der Waals surface area contributed by atoms with Crippen molar-refractivity contribution in [1.29, 1.82) is 0 Å². The molecule has 0 N–H and O–H groups in total. The summed E-state index contributed by atoms with van der Waals surface area (Å²) < 4.78 is 2.96. The first-order valence-corrected chi connectivity index (χ1v) is 7.79. The second kappa shape index (κ2) is 5.35. The van der Waals surface area contributed by atoms with E-state index in [2.05, 4.69) is 51.1 Å². The van der Waals surface area contributed by atoms with E-state index >= 15 is 0 Å². The van der Waals surface area contributed by atoms with Gasteiger partial charge < -0.3 is 0 Å². The highest BCUT2D eigenvalue weighted by molar-refractivity contribution is 9.10. The van der Waals surface area contributed by atoms with Crippen LogP contribution in [0, 0.1) is 0 Å². The van der Waals surface area contributed by atoms with E-state index in [9.17, 15) is 0 Å². The molecule has 0 atom stereocenters. The van der Waals surface area contributed by atoms with Crippen molar-refractivity contribution in [3.63, 3.8) is 0 Å². The van der Waals surface area contributed by atoms with Crippen LogP contribution >= 0.6 is 27.7 Å². The van der Waals surface area contributed by atoms with Gasteiger partial charge in [-0.25, -0.2) is 9.50 Å². The lowest BCUT2D eigenvalue weighted by Gasteiger charge is -1.98. The first kappa shape index (κ1) is 12.7. The molecule has 0 fully saturated rings. The van der Waals surface area contributed by atoms with Crippen molar-refractivity contribution in [2.45, 2.75) is 11.9 Å². The summed E-state index contributed by atoms with van der Waals surface area (Å²) in [4.78, 5) is 4.41. The van der Waals surface area contributed by atoms with Gasteiger partial charge >= 0.3 is 0 Å². The molecule has 0 amide bonds. The summed E-state index contributed by atoms with van der Waals surface area (Å²) >= 11 is 5.18. The van der Waals surface area contributed by atoms with E-state index in [1.54, 1.807) is 18.0 Å². The number of nitrogens with zero attached hydrogens (tertiary/aromatic N) is 3. The fourth-order valence-corrected chi connectivity index (χ4v) is 2.88. The highest BCUT2D eigenvalue weighted by atomic mass is 79.9. The maximum atomic E-state index is 4.60. The molecule has 0 aliphatic heterocycles. The van der Waals surface area contributed by atoms with Crippen molar-refractivity contribution in [3.05, 3.63) is 47.2 Å². The maximum absolute atomic E-state index is 4.60. The Morgan fingerprint density at radius 1 is 1.26 bits per heavy atom. The fourth-order valence-electron chi connectivity index (χ4n) is 1.91. The molecule has 2 aromatic heterocycles. The number of aromatic nitrogens is 3. The van der Waals surface area contributed by atoms with Gasteiger partial charge in [0.25, 0.3) is 0 Å². The average Bonchev–Trinajstić information content (AvgIpc) is 2.85.